The second-order valence-corrected chi connectivity index (χ2v) is 6.85. The zero-order valence-electron chi connectivity index (χ0n) is 16.0. The van der Waals surface area contributed by atoms with Crippen LogP contribution in [0.25, 0.3) is 10.9 Å². The van der Waals surface area contributed by atoms with Crippen LogP contribution in [0, 0.1) is 13.8 Å². The molecule has 1 heterocycles. The molecule has 0 saturated carbocycles. The Morgan fingerprint density at radius 1 is 1.11 bits per heavy atom. The van der Waals surface area contributed by atoms with E-state index in [1.807, 2.05) is 56.4 Å². The van der Waals surface area contributed by atoms with Crippen LogP contribution < -0.4 is 10.2 Å². The van der Waals surface area contributed by atoms with Crippen molar-refractivity contribution in [2.45, 2.75) is 27.2 Å². The molecule has 0 spiro atoms. The number of rotatable bonds is 6. The lowest BCUT2D eigenvalue weighted by Gasteiger charge is -2.23. The maximum atomic E-state index is 12.4. The Kier molecular flexibility index (Phi) is 5.60. The van der Waals surface area contributed by atoms with Crippen molar-refractivity contribution in [2.24, 2.45) is 0 Å². The maximum Gasteiger partial charge on any atom is 0.240 e. The van der Waals surface area contributed by atoms with Crippen LogP contribution in [-0.2, 0) is 16.0 Å². The van der Waals surface area contributed by atoms with E-state index in [4.69, 9.17) is 0 Å². The van der Waals surface area contributed by atoms with E-state index >= 15 is 0 Å². The number of carbonyl (C=O) groups is 2. The van der Waals surface area contributed by atoms with Crippen LogP contribution in [0.1, 0.15) is 23.6 Å². The molecule has 0 radical (unpaired) electrons. The number of aromatic nitrogens is 1. The number of carbonyl (C=O) groups excluding carboxylic acids is 2. The van der Waals surface area contributed by atoms with Gasteiger partial charge in [-0.15, -0.1) is 0 Å². The quantitative estimate of drug-likeness (QED) is 0.704. The normalized spacial score (nSPS) is 10.8. The lowest BCUT2D eigenvalue weighted by Crippen LogP contribution is -2.40. The van der Waals surface area contributed by atoms with E-state index in [0.29, 0.717) is 6.54 Å². The van der Waals surface area contributed by atoms with Gasteiger partial charge in [0, 0.05) is 36.3 Å². The molecule has 0 bridgehead atoms. The van der Waals surface area contributed by atoms with Gasteiger partial charge < -0.3 is 15.2 Å². The van der Waals surface area contributed by atoms with E-state index < -0.39 is 0 Å². The van der Waals surface area contributed by atoms with Crippen LogP contribution >= 0.6 is 0 Å². The van der Waals surface area contributed by atoms with Crippen LogP contribution in [0.4, 0.5) is 5.69 Å². The van der Waals surface area contributed by atoms with Crippen molar-refractivity contribution in [2.75, 3.05) is 18.0 Å². The van der Waals surface area contributed by atoms with Crippen molar-refractivity contribution in [1.29, 1.82) is 0 Å². The fraction of sp³-hybridized carbons (Fsp3) is 0.273. The molecule has 2 amide bonds. The third-order valence-corrected chi connectivity index (χ3v) is 4.72. The molecule has 27 heavy (non-hydrogen) atoms. The van der Waals surface area contributed by atoms with Gasteiger partial charge in [-0.1, -0.05) is 35.9 Å². The Hall–Kier alpha value is -3.08. The van der Waals surface area contributed by atoms with E-state index in [0.717, 1.165) is 28.8 Å². The first kappa shape index (κ1) is 18.7. The summed E-state index contributed by atoms with van der Waals surface area (Å²) >= 11 is 0. The first-order valence-corrected chi connectivity index (χ1v) is 9.13. The highest BCUT2D eigenvalue weighted by Gasteiger charge is 2.17. The summed E-state index contributed by atoms with van der Waals surface area (Å²) in [5.74, 6) is -0.307. The summed E-state index contributed by atoms with van der Waals surface area (Å²) in [5, 5.41) is 4.10. The van der Waals surface area contributed by atoms with Crippen molar-refractivity contribution in [1.82, 2.24) is 10.3 Å². The summed E-state index contributed by atoms with van der Waals surface area (Å²) in [6.45, 7) is 5.99. The number of benzene rings is 2. The average Bonchev–Trinajstić information content (AvgIpc) is 3.03. The Morgan fingerprint density at radius 3 is 2.63 bits per heavy atom. The summed E-state index contributed by atoms with van der Waals surface area (Å²) < 4.78 is 0. The number of nitrogens with one attached hydrogen (secondary N) is 2. The highest BCUT2D eigenvalue weighted by atomic mass is 16.2. The van der Waals surface area contributed by atoms with Gasteiger partial charge in [0.25, 0.3) is 0 Å². The van der Waals surface area contributed by atoms with Gasteiger partial charge in [-0.25, -0.2) is 0 Å². The van der Waals surface area contributed by atoms with E-state index in [1.165, 1.54) is 22.8 Å². The molecule has 5 heteroatoms. The van der Waals surface area contributed by atoms with Crippen LogP contribution in [0.5, 0.6) is 0 Å². The molecule has 2 N–H and O–H groups in total. The number of aryl methyl sites for hydroxylation is 2. The van der Waals surface area contributed by atoms with Gasteiger partial charge in [0.2, 0.25) is 11.8 Å². The fourth-order valence-electron chi connectivity index (χ4n) is 3.35. The predicted octanol–water partition coefficient (Wildman–Crippen LogP) is 3.50. The largest absolute Gasteiger partial charge is 0.361 e. The number of H-pyrrole nitrogens is 1. The Labute approximate surface area is 159 Å². The molecule has 5 nitrogen and oxygen atoms in total. The van der Waals surface area contributed by atoms with E-state index in [-0.39, 0.29) is 18.4 Å². The number of fused-ring (bicyclic) bond motifs is 1. The molecular weight excluding hydrogens is 338 g/mol. The van der Waals surface area contributed by atoms with E-state index in [2.05, 4.69) is 16.4 Å². The minimum Gasteiger partial charge on any atom is -0.361 e. The first-order chi connectivity index (χ1) is 13.0. The van der Waals surface area contributed by atoms with Crippen molar-refractivity contribution in [3.8, 4) is 0 Å². The molecule has 3 aromatic rings. The van der Waals surface area contributed by atoms with Crippen LogP contribution in [0.3, 0.4) is 0 Å². The second kappa shape index (κ2) is 8.08. The lowest BCUT2D eigenvalue weighted by atomic mass is 10.1. The second-order valence-electron chi connectivity index (χ2n) is 6.85. The minimum atomic E-state index is -0.162. The predicted molar refractivity (Wildman–Crippen MR) is 109 cm³/mol. The minimum absolute atomic E-state index is 0.0210. The summed E-state index contributed by atoms with van der Waals surface area (Å²) in [4.78, 5) is 29.2. The topological polar surface area (TPSA) is 65.2 Å². The number of hydrogen-bond donors (Lipinski definition) is 2. The van der Waals surface area contributed by atoms with Crippen molar-refractivity contribution in [3.05, 3.63) is 65.4 Å². The molecule has 2 aromatic carbocycles. The summed E-state index contributed by atoms with van der Waals surface area (Å²) in [5.41, 5.74) is 5.15. The molecule has 0 unspecified atom stereocenters. The van der Waals surface area contributed by atoms with Gasteiger partial charge in [0.15, 0.2) is 0 Å². The molecule has 0 aliphatic rings. The van der Waals surface area contributed by atoms with Gasteiger partial charge in [-0.05, 0) is 43.5 Å². The molecule has 0 aliphatic carbocycles. The molecule has 0 saturated heterocycles. The third kappa shape index (κ3) is 4.37. The van der Waals surface area contributed by atoms with E-state index in [1.54, 1.807) is 0 Å². The molecule has 0 fully saturated rings. The van der Waals surface area contributed by atoms with Gasteiger partial charge in [-0.3, -0.25) is 9.59 Å². The molecule has 140 valence electrons. The lowest BCUT2D eigenvalue weighted by molar-refractivity contribution is -0.123. The smallest absolute Gasteiger partial charge is 0.240 e. The molecule has 0 aliphatic heterocycles. The highest BCUT2D eigenvalue weighted by molar-refractivity contribution is 5.98. The SMILES string of the molecule is CC(=O)N(CC(=O)NCCc1c[nH]c2ccccc12)c1ccc(C)cc1C. The van der Waals surface area contributed by atoms with Gasteiger partial charge in [-0.2, -0.15) is 0 Å². The third-order valence-electron chi connectivity index (χ3n) is 4.72. The number of amides is 2. The molecule has 0 atom stereocenters. The van der Waals surface area contributed by atoms with Gasteiger partial charge in [0.05, 0.1) is 0 Å². The van der Waals surface area contributed by atoms with Crippen LogP contribution in [-0.4, -0.2) is 29.9 Å². The fourth-order valence-corrected chi connectivity index (χ4v) is 3.35. The Balaban J connectivity index is 1.60. The number of aromatic amines is 1. The van der Waals surface area contributed by atoms with Gasteiger partial charge >= 0.3 is 0 Å². The number of nitrogens with zero attached hydrogens (tertiary/aromatic N) is 1. The standard InChI is InChI=1S/C22H25N3O2/c1-15-8-9-21(16(2)12-15)25(17(3)26)14-22(27)23-11-10-18-13-24-20-7-5-4-6-19(18)20/h4-9,12-13,24H,10-11,14H2,1-3H3,(H,23,27). The number of hydrogen-bond acceptors (Lipinski definition) is 2. The van der Waals surface area contributed by atoms with Gasteiger partial charge in [0.1, 0.15) is 6.54 Å². The van der Waals surface area contributed by atoms with E-state index in [9.17, 15) is 9.59 Å². The van der Waals surface area contributed by atoms with Crippen molar-refractivity contribution in [3.63, 3.8) is 0 Å². The summed E-state index contributed by atoms with van der Waals surface area (Å²) in [7, 11) is 0. The summed E-state index contributed by atoms with van der Waals surface area (Å²) in [6, 6.07) is 14.0. The van der Waals surface area contributed by atoms with Crippen molar-refractivity contribution < 1.29 is 9.59 Å². The first-order valence-electron chi connectivity index (χ1n) is 9.13. The van der Waals surface area contributed by atoms with Crippen LogP contribution in [0.2, 0.25) is 0 Å². The summed E-state index contributed by atoms with van der Waals surface area (Å²) in [6.07, 6.45) is 2.72. The zero-order chi connectivity index (χ0) is 19.4. The Bertz CT molecular complexity index is 975. The monoisotopic (exact) mass is 363 g/mol. The molecular formula is C22H25N3O2. The average molecular weight is 363 g/mol. The van der Waals surface area contributed by atoms with Crippen molar-refractivity contribution >= 4 is 28.4 Å². The maximum absolute atomic E-state index is 12.4. The highest BCUT2D eigenvalue weighted by Crippen LogP contribution is 2.21. The number of anilines is 1. The molecule has 3 rings (SSSR count). The molecule has 1 aromatic heterocycles. The Morgan fingerprint density at radius 2 is 1.89 bits per heavy atom. The number of para-hydroxylation sites is 1. The zero-order valence-corrected chi connectivity index (χ0v) is 16.0. The van der Waals surface area contributed by atoms with Crippen LogP contribution in [0.15, 0.2) is 48.7 Å².